The highest BCUT2D eigenvalue weighted by molar-refractivity contribution is 5.72. The summed E-state index contributed by atoms with van der Waals surface area (Å²) in [5.74, 6) is -0.104. The molecule has 1 aliphatic heterocycles. The Morgan fingerprint density at radius 2 is 2.14 bits per heavy atom. The zero-order valence-corrected chi connectivity index (χ0v) is 12.4. The lowest BCUT2D eigenvalue weighted by atomic mass is 10.0. The average molecular weight is 295 g/mol. The molecule has 0 radical (unpaired) electrons. The van der Waals surface area contributed by atoms with Gasteiger partial charge in [-0.25, -0.2) is 9.18 Å². The number of rotatable bonds is 4. The Labute approximate surface area is 124 Å². The summed E-state index contributed by atoms with van der Waals surface area (Å²) < 4.78 is 18.4. The zero-order valence-electron chi connectivity index (χ0n) is 12.4. The van der Waals surface area contributed by atoms with Crippen LogP contribution in [-0.2, 0) is 0 Å². The van der Waals surface area contributed by atoms with Crippen LogP contribution in [0.5, 0.6) is 5.75 Å². The van der Waals surface area contributed by atoms with Crippen molar-refractivity contribution in [3.05, 3.63) is 29.6 Å². The summed E-state index contributed by atoms with van der Waals surface area (Å²) in [7, 11) is 1.46. The van der Waals surface area contributed by atoms with E-state index in [0.29, 0.717) is 19.1 Å². The van der Waals surface area contributed by atoms with Gasteiger partial charge >= 0.3 is 6.03 Å². The van der Waals surface area contributed by atoms with Gasteiger partial charge in [0.1, 0.15) is 0 Å². The molecular formula is C15H22FN3O2. The van der Waals surface area contributed by atoms with Crippen LogP contribution in [-0.4, -0.2) is 37.2 Å². The monoisotopic (exact) mass is 295 g/mol. The highest BCUT2D eigenvalue weighted by atomic mass is 19.1. The van der Waals surface area contributed by atoms with Crippen molar-refractivity contribution in [2.75, 3.05) is 20.2 Å². The topological polar surface area (TPSA) is 67.6 Å². The van der Waals surface area contributed by atoms with Crippen LogP contribution in [0.25, 0.3) is 0 Å². The molecule has 0 spiro atoms. The number of carbonyl (C=O) groups is 1. The van der Waals surface area contributed by atoms with E-state index in [-0.39, 0.29) is 23.6 Å². The lowest BCUT2D eigenvalue weighted by Crippen LogP contribution is -2.47. The Hall–Kier alpha value is -1.82. The molecule has 1 aliphatic rings. The van der Waals surface area contributed by atoms with Crippen LogP contribution in [0.4, 0.5) is 9.18 Å². The third-order valence-corrected chi connectivity index (χ3v) is 3.97. The number of ether oxygens (including phenoxy) is 1. The van der Waals surface area contributed by atoms with Gasteiger partial charge < -0.3 is 20.7 Å². The number of nitrogens with zero attached hydrogens (tertiary/aromatic N) is 1. The number of nitrogens with two attached hydrogens (primary N) is 1. The van der Waals surface area contributed by atoms with Gasteiger partial charge in [-0.3, -0.25) is 0 Å². The SMILES string of the molecule is COc1cc([C@H](C)NC2CCN(C(N)=O)CC2)ccc1F. The van der Waals surface area contributed by atoms with E-state index in [1.807, 2.05) is 6.92 Å². The van der Waals surface area contributed by atoms with Gasteiger partial charge in [0.15, 0.2) is 11.6 Å². The fraction of sp³-hybridized carbons (Fsp3) is 0.533. The van der Waals surface area contributed by atoms with Gasteiger partial charge in [0.05, 0.1) is 7.11 Å². The maximum Gasteiger partial charge on any atom is 0.314 e. The highest BCUT2D eigenvalue weighted by Gasteiger charge is 2.22. The average Bonchev–Trinajstić information content (AvgIpc) is 2.48. The normalized spacial score (nSPS) is 17.6. The summed E-state index contributed by atoms with van der Waals surface area (Å²) in [6.07, 6.45) is 1.73. The van der Waals surface area contributed by atoms with Crippen molar-refractivity contribution in [3.63, 3.8) is 0 Å². The van der Waals surface area contributed by atoms with E-state index in [2.05, 4.69) is 5.32 Å². The van der Waals surface area contributed by atoms with E-state index in [9.17, 15) is 9.18 Å². The molecule has 6 heteroatoms. The van der Waals surface area contributed by atoms with Gasteiger partial charge in [-0.1, -0.05) is 6.07 Å². The number of methoxy groups -OCH3 is 1. The van der Waals surface area contributed by atoms with Crippen LogP contribution in [0.2, 0.25) is 0 Å². The first-order chi connectivity index (χ1) is 10.0. The number of benzene rings is 1. The summed E-state index contributed by atoms with van der Waals surface area (Å²) in [6, 6.07) is 4.95. The molecule has 116 valence electrons. The van der Waals surface area contributed by atoms with E-state index in [1.54, 1.807) is 17.0 Å². The summed E-state index contributed by atoms with van der Waals surface area (Å²) in [5, 5.41) is 3.51. The second-order valence-corrected chi connectivity index (χ2v) is 5.38. The molecule has 2 rings (SSSR count). The van der Waals surface area contributed by atoms with E-state index in [4.69, 9.17) is 10.5 Å². The summed E-state index contributed by atoms with van der Waals surface area (Å²) in [6.45, 7) is 3.38. The van der Waals surface area contributed by atoms with E-state index >= 15 is 0 Å². The number of primary amides is 1. The number of piperidine rings is 1. The molecule has 1 atom stereocenters. The van der Waals surface area contributed by atoms with Crippen molar-refractivity contribution in [1.82, 2.24) is 10.2 Å². The van der Waals surface area contributed by atoms with Gasteiger partial charge in [-0.2, -0.15) is 0 Å². The first-order valence-electron chi connectivity index (χ1n) is 7.15. The van der Waals surface area contributed by atoms with Gasteiger partial charge in [0.25, 0.3) is 0 Å². The summed E-state index contributed by atoms with van der Waals surface area (Å²) in [4.78, 5) is 12.7. The molecule has 0 saturated carbocycles. The predicted molar refractivity (Wildman–Crippen MR) is 78.7 cm³/mol. The van der Waals surface area contributed by atoms with Crippen molar-refractivity contribution in [2.45, 2.75) is 31.8 Å². The van der Waals surface area contributed by atoms with Crippen molar-refractivity contribution in [2.24, 2.45) is 5.73 Å². The minimum atomic E-state index is -0.358. The van der Waals surface area contributed by atoms with Crippen molar-refractivity contribution in [1.29, 1.82) is 0 Å². The molecule has 0 bridgehead atoms. The van der Waals surface area contributed by atoms with Crippen molar-refractivity contribution in [3.8, 4) is 5.75 Å². The van der Waals surface area contributed by atoms with E-state index in [0.717, 1.165) is 18.4 Å². The molecule has 1 fully saturated rings. The Bertz CT molecular complexity index is 502. The molecule has 5 nitrogen and oxygen atoms in total. The van der Waals surface area contributed by atoms with Gasteiger partial charge in [-0.05, 0) is 37.5 Å². The first kappa shape index (κ1) is 15.6. The van der Waals surface area contributed by atoms with Crippen LogP contribution in [0, 0.1) is 5.82 Å². The largest absolute Gasteiger partial charge is 0.494 e. The number of amides is 2. The fourth-order valence-corrected chi connectivity index (χ4v) is 2.66. The predicted octanol–water partition coefficient (Wildman–Crippen LogP) is 2.03. The maximum absolute atomic E-state index is 13.4. The first-order valence-corrected chi connectivity index (χ1v) is 7.15. The van der Waals surface area contributed by atoms with E-state index < -0.39 is 0 Å². The quantitative estimate of drug-likeness (QED) is 0.893. The fourth-order valence-electron chi connectivity index (χ4n) is 2.66. The Balaban J connectivity index is 1.93. The smallest absolute Gasteiger partial charge is 0.314 e. The van der Waals surface area contributed by atoms with Gasteiger partial charge in [0, 0.05) is 25.2 Å². The van der Waals surface area contributed by atoms with Crippen LogP contribution in [0.3, 0.4) is 0 Å². The summed E-state index contributed by atoms with van der Waals surface area (Å²) in [5.41, 5.74) is 6.25. The molecule has 0 unspecified atom stereocenters. The molecule has 1 saturated heterocycles. The van der Waals surface area contributed by atoms with Crippen LogP contribution in [0.15, 0.2) is 18.2 Å². The lowest BCUT2D eigenvalue weighted by molar-refractivity contribution is 0.183. The molecule has 0 aromatic heterocycles. The molecular weight excluding hydrogens is 273 g/mol. The maximum atomic E-state index is 13.4. The second-order valence-electron chi connectivity index (χ2n) is 5.38. The Morgan fingerprint density at radius 3 is 2.71 bits per heavy atom. The highest BCUT2D eigenvalue weighted by Crippen LogP contribution is 2.23. The molecule has 3 N–H and O–H groups in total. The van der Waals surface area contributed by atoms with Crippen LogP contribution >= 0.6 is 0 Å². The third kappa shape index (κ3) is 3.85. The van der Waals surface area contributed by atoms with Gasteiger partial charge in [0.2, 0.25) is 0 Å². The standard InChI is InChI=1S/C15H22FN3O2/c1-10(11-3-4-13(16)14(9-11)21-2)18-12-5-7-19(8-6-12)15(17)20/h3-4,9-10,12,18H,5-8H2,1-2H3,(H2,17,20)/t10-/m0/s1. The van der Waals surface area contributed by atoms with Crippen LogP contribution in [0.1, 0.15) is 31.4 Å². The number of nitrogens with one attached hydrogen (secondary N) is 1. The molecule has 21 heavy (non-hydrogen) atoms. The minimum Gasteiger partial charge on any atom is -0.494 e. The molecule has 0 aliphatic carbocycles. The number of urea groups is 1. The third-order valence-electron chi connectivity index (χ3n) is 3.97. The lowest BCUT2D eigenvalue weighted by Gasteiger charge is -2.33. The molecule has 1 aromatic rings. The number of hydrogen-bond donors (Lipinski definition) is 2. The van der Waals surface area contributed by atoms with Crippen LogP contribution < -0.4 is 15.8 Å². The second kappa shape index (κ2) is 6.76. The zero-order chi connectivity index (χ0) is 15.4. The molecule has 1 aromatic carbocycles. The number of carbonyl (C=O) groups excluding carboxylic acids is 1. The molecule has 1 heterocycles. The summed E-state index contributed by atoms with van der Waals surface area (Å²) >= 11 is 0. The van der Waals surface area contributed by atoms with Gasteiger partial charge in [-0.15, -0.1) is 0 Å². The minimum absolute atomic E-state index is 0.0876. The Morgan fingerprint density at radius 1 is 1.48 bits per heavy atom. The Kier molecular flexibility index (Phi) is 5.01. The van der Waals surface area contributed by atoms with Crippen molar-refractivity contribution < 1.29 is 13.9 Å². The number of halogens is 1. The van der Waals surface area contributed by atoms with Crippen molar-refractivity contribution >= 4 is 6.03 Å². The molecule has 2 amide bonds. The number of likely N-dealkylation sites (tertiary alicyclic amines) is 1. The number of hydrogen-bond acceptors (Lipinski definition) is 3. The van der Waals surface area contributed by atoms with E-state index in [1.165, 1.54) is 13.2 Å².